The van der Waals surface area contributed by atoms with Gasteiger partial charge in [-0.2, -0.15) is 20.0 Å². The summed E-state index contributed by atoms with van der Waals surface area (Å²) in [6.45, 7) is 7.35. The minimum atomic E-state index is 0.0195. The fraction of sp³-hybridized carbons (Fsp3) is 0.385. The van der Waals surface area contributed by atoms with Crippen molar-refractivity contribution in [1.82, 2.24) is 24.9 Å². The highest BCUT2D eigenvalue weighted by Crippen LogP contribution is 2.36. The van der Waals surface area contributed by atoms with Gasteiger partial charge in [-0.05, 0) is 50.5 Å². The van der Waals surface area contributed by atoms with Gasteiger partial charge in [0.1, 0.15) is 5.52 Å². The van der Waals surface area contributed by atoms with E-state index in [4.69, 9.17) is 9.40 Å². The molecule has 2 bridgehead atoms. The molecule has 2 aromatic heterocycles. The predicted molar refractivity (Wildman–Crippen MR) is 131 cm³/mol. The highest BCUT2D eigenvalue weighted by Gasteiger charge is 2.41. The summed E-state index contributed by atoms with van der Waals surface area (Å²) in [5, 5.41) is 8.48. The first kappa shape index (κ1) is 22.1. The van der Waals surface area contributed by atoms with E-state index in [9.17, 15) is 4.79 Å². The van der Waals surface area contributed by atoms with E-state index in [0.717, 1.165) is 35.9 Å². The Morgan fingerprint density at radius 1 is 1.00 bits per heavy atom. The number of benzene rings is 2. The number of carbonyl (C=O) groups is 1. The maximum absolute atomic E-state index is 13.7. The van der Waals surface area contributed by atoms with Crippen LogP contribution >= 0.6 is 0 Å². The van der Waals surface area contributed by atoms with Crippen molar-refractivity contribution < 1.29 is 9.21 Å². The van der Waals surface area contributed by atoms with Crippen molar-refractivity contribution >= 4 is 23.0 Å². The van der Waals surface area contributed by atoms with Gasteiger partial charge in [0.2, 0.25) is 0 Å². The predicted octanol–water partition coefficient (Wildman–Crippen LogP) is 4.63. The molecular weight excluding hydrogens is 428 g/mol. The summed E-state index contributed by atoms with van der Waals surface area (Å²) in [6.07, 6.45) is 6.25. The fourth-order valence-electron chi connectivity index (χ4n) is 5.05. The maximum Gasteiger partial charge on any atom is 0.298 e. The Morgan fingerprint density at radius 3 is 2.56 bits per heavy atom. The Balaban J connectivity index is 0.00000117. The van der Waals surface area contributed by atoms with Crippen molar-refractivity contribution in [2.75, 3.05) is 18.0 Å². The molecule has 2 aliphatic heterocycles. The molecule has 0 N–H and O–H groups in total. The molecule has 2 atom stereocenters. The molecule has 0 spiro atoms. The Labute approximate surface area is 199 Å². The van der Waals surface area contributed by atoms with Crippen molar-refractivity contribution in [2.24, 2.45) is 0 Å². The number of amides is 1. The number of para-hydroxylation sites is 2. The van der Waals surface area contributed by atoms with E-state index in [2.05, 4.69) is 15.1 Å². The lowest BCUT2D eigenvalue weighted by atomic mass is 10.1. The number of likely N-dealkylation sites (tertiary alicyclic amines) is 1. The van der Waals surface area contributed by atoms with E-state index in [0.29, 0.717) is 36.4 Å². The maximum atomic E-state index is 13.7. The van der Waals surface area contributed by atoms with Crippen LogP contribution in [0.1, 0.15) is 49.0 Å². The smallest absolute Gasteiger partial charge is 0.298 e. The number of hydrogen-bond donors (Lipinski definition) is 0. The number of rotatable bonds is 3. The molecule has 1 amide bonds. The summed E-state index contributed by atoms with van der Waals surface area (Å²) in [5.41, 5.74) is 4.04. The SMILES string of the molecule is CC.Cc1ccc(-n2nccn2)c(C(=O)N2CCC3CCC(C2)N3c2nc3ccccc3o2)c1. The lowest BCUT2D eigenvalue weighted by molar-refractivity contribution is 0.0748. The number of nitrogens with zero attached hydrogens (tertiary/aromatic N) is 6. The van der Waals surface area contributed by atoms with Crippen LogP contribution in [-0.4, -0.2) is 56.0 Å². The minimum Gasteiger partial charge on any atom is -0.423 e. The molecule has 2 saturated heterocycles. The van der Waals surface area contributed by atoms with Crippen LogP contribution in [0.2, 0.25) is 0 Å². The van der Waals surface area contributed by atoms with Crippen molar-refractivity contribution in [3.8, 4) is 5.69 Å². The molecule has 2 unspecified atom stereocenters. The second-order valence-electron chi connectivity index (χ2n) is 8.64. The second-order valence-corrected chi connectivity index (χ2v) is 8.64. The summed E-state index contributed by atoms with van der Waals surface area (Å²) < 4.78 is 6.10. The third-order valence-electron chi connectivity index (χ3n) is 6.59. The van der Waals surface area contributed by atoms with Gasteiger partial charge in [-0.15, -0.1) is 0 Å². The van der Waals surface area contributed by atoms with E-state index in [1.807, 2.05) is 68.1 Å². The largest absolute Gasteiger partial charge is 0.423 e. The Hall–Kier alpha value is -3.68. The summed E-state index contributed by atoms with van der Waals surface area (Å²) in [4.78, 5) is 24.2. The number of carbonyl (C=O) groups excluding carboxylic acids is 1. The van der Waals surface area contributed by atoms with Gasteiger partial charge in [0.05, 0.1) is 29.7 Å². The van der Waals surface area contributed by atoms with Gasteiger partial charge in [0.15, 0.2) is 5.58 Å². The third kappa shape index (κ3) is 3.93. The van der Waals surface area contributed by atoms with E-state index in [-0.39, 0.29) is 11.9 Å². The van der Waals surface area contributed by atoms with Crippen LogP contribution in [0.5, 0.6) is 0 Å². The van der Waals surface area contributed by atoms with Crippen LogP contribution in [0.25, 0.3) is 16.8 Å². The Kier molecular flexibility index (Phi) is 6.04. The van der Waals surface area contributed by atoms with Crippen molar-refractivity contribution in [3.63, 3.8) is 0 Å². The van der Waals surface area contributed by atoms with Gasteiger partial charge >= 0.3 is 0 Å². The zero-order chi connectivity index (χ0) is 23.7. The molecule has 2 fully saturated rings. The topological polar surface area (TPSA) is 80.3 Å². The molecule has 8 nitrogen and oxygen atoms in total. The monoisotopic (exact) mass is 458 g/mol. The average molecular weight is 459 g/mol. The first-order chi connectivity index (χ1) is 16.7. The van der Waals surface area contributed by atoms with Gasteiger partial charge in [0.25, 0.3) is 11.9 Å². The number of fused-ring (bicyclic) bond motifs is 3. The summed E-state index contributed by atoms with van der Waals surface area (Å²) in [7, 11) is 0. The first-order valence-electron chi connectivity index (χ1n) is 12.1. The van der Waals surface area contributed by atoms with Crippen LogP contribution in [0, 0.1) is 6.92 Å². The van der Waals surface area contributed by atoms with Gasteiger partial charge in [-0.3, -0.25) is 4.79 Å². The zero-order valence-corrected chi connectivity index (χ0v) is 19.9. The minimum absolute atomic E-state index is 0.0195. The molecule has 2 aliphatic rings. The third-order valence-corrected chi connectivity index (χ3v) is 6.59. The van der Waals surface area contributed by atoms with Gasteiger partial charge in [0, 0.05) is 19.1 Å². The lowest BCUT2D eigenvalue weighted by Gasteiger charge is -2.28. The van der Waals surface area contributed by atoms with Crippen molar-refractivity contribution in [1.29, 1.82) is 0 Å². The molecule has 4 heterocycles. The van der Waals surface area contributed by atoms with E-state index >= 15 is 0 Å². The second kappa shape index (κ2) is 9.29. The van der Waals surface area contributed by atoms with Gasteiger partial charge < -0.3 is 14.2 Å². The van der Waals surface area contributed by atoms with E-state index < -0.39 is 0 Å². The Bertz CT molecular complexity index is 1250. The van der Waals surface area contributed by atoms with E-state index in [1.165, 1.54) is 4.80 Å². The molecular formula is C26H30N6O2. The Morgan fingerprint density at radius 2 is 1.76 bits per heavy atom. The summed E-state index contributed by atoms with van der Waals surface area (Å²) >= 11 is 0. The highest BCUT2D eigenvalue weighted by atomic mass is 16.4. The molecule has 2 aromatic carbocycles. The average Bonchev–Trinajstić information content (AvgIpc) is 3.58. The van der Waals surface area contributed by atoms with Gasteiger partial charge in [-0.1, -0.05) is 37.6 Å². The summed E-state index contributed by atoms with van der Waals surface area (Å²) in [6, 6.07) is 14.9. The van der Waals surface area contributed by atoms with Gasteiger partial charge in [-0.25, -0.2) is 0 Å². The summed E-state index contributed by atoms with van der Waals surface area (Å²) in [5.74, 6) is 0.0195. The molecule has 0 aliphatic carbocycles. The molecule has 4 aromatic rings. The number of hydrogen-bond acceptors (Lipinski definition) is 6. The lowest BCUT2D eigenvalue weighted by Crippen LogP contribution is -2.41. The number of aromatic nitrogens is 4. The van der Waals surface area contributed by atoms with Crippen LogP contribution in [0.15, 0.2) is 59.3 Å². The molecule has 34 heavy (non-hydrogen) atoms. The normalized spacial score (nSPS) is 19.6. The fourth-order valence-corrected chi connectivity index (χ4v) is 5.05. The highest BCUT2D eigenvalue weighted by molar-refractivity contribution is 5.98. The quantitative estimate of drug-likeness (QED) is 0.445. The molecule has 0 radical (unpaired) electrons. The standard InChI is InChI=1S/C24H24N6O2.C2H6/c1-16-6-9-21(30-25-11-12-26-30)19(14-16)23(31)28-13-10-17-7-8-18(15-28)29(17)24-27-20-4-2-3-5-22(20)32-24;1-2/h2-6,9,11-12,14,17-18H,7-8,10,13,15H2,1H3;1-2H3. The number of anilines is 1. The first-order valence-corrected chi connectivity index (χ1v) is 12.1. The number of aryl methyl sites for hydroxylation is 1. The van der Waals surface area contributed by atoms with E-state index in [1.54, 1.807) is 12.4 Å². The van der Waals surface area contributed by atoms with Crippen LogP contribution < -0.4 is 4.90 Å². The zero-order valence-electron chi connectivity index (χ0n) is 19.9. The molecule has 176 valence electrons. The van der Waals surface area contributed by atoms with Crippen LogP contribution in [-0.2, 0) is 0 Å². The van der Waals surface area contributed by atoms with Crippen LogP contribution in [0.4, 0.5) is 6.01 Å². The van der Waals surface area contributed by atoms with Crippen molar-refractivity contribution in [2.45, 2.75) is 52.1 Å². The molecule has 0 saturated carbocycles. The van der Waals surface area contributed by atoms with Crippen molar-refractivity contribution in [3.05, 3.63) is 66.0 Å². The van der Waals surface area contributed by atoms with Crippen LogP contribution in [0.3, 0.4) is 0 Å². The molecule has 8 heteroatoms. The number of oxazole rings is 1. The molecule has 6 rings (SSSR count).